The third kappa shape index (κ3) is 3.44. The minimum absolute atomic E-state index is 0.0106. The second-order valence-electron chi connectivity index (χ2n) is 5.53. The van der Waals surface area contributed by atoms with E-state index in [1.54, 1.807) is 6.20 Å². The van der Waals surface area contributed by atoms with E-state index in [0.717, 1.165) is 12.1 Å². The fraction of sp³-hybridized carbons (Fsp3) is 0.278. The van der Waals surface area contributed by atoms with Crippen LogP contribution >= 0.6 is 0 Å². The Labute approximate surface area is 140 Å². The number of carbonyl (C=O) groups excluding carboxylic acids is 1. The lowest BCUT2D eigenvalue weighted by Crippen LogP contribution is -2.22. The molecule has 1 N–H and O–H groups in total. The van der Waals surface area contributed by atoms with Crippen LogP contribution < -0.4 is 5.32 Å². The summed E-state index contributed by atoms with van der Waals surface area (Å²) in [6.07, 6.45) is 4.48. The molecule has 0 bridgehead atoms. The van der Waals surface area contributed by atoms with Crippen LogP contribution in [0.1, 0.15) is 20.3 Å². The predicted molar refractivity (Wildman–Crippen MR) is 92.8 cm³/mol. The molecule has 1 atom stereocenters. The molecule has 0 saturated carbocycles. The van der Waals surface area contributed by atoms with Crippen molar-refractivity contribution in [2.24, 2.45) is 0 Å². The van der Waals surface area contributed by atoms with Crippen LogP contribution in [0, 0.1) is 0 Å². The maximum Gasteiger partial charge on any atom is 0.251 e. The van der Waals surface area contributed by atoms with Gasteiger partial charge in [-0.2, -0.15) is 0 Å². The molecule has 3 aromatic rings. The van der Waals surface area contributed by atoms with E-state index < -0.39 is 0 Å². The third-order valence-electron chi connectivity index (χ3n) is 3.77. The molecule has 6 heteroatoms. The van der Waals surface area contributed by atoms with Crippen LogP contribution in [0.25, 0.3) is 17.0 Å². The van der Waals surface area contributed by atoms with Crippen molar-refractivity contribution in [1.82, 2.24) is 14.4 Å². The number of amides is 1. The van der Waals surface area contributed by atoms with Gasteiger partial charge in [0.25, 0.3) is 5.91 Å². The van der Waals surface area contributed by atoms with Crippen molar-refractivity contribution in [3.05, 3.63) is 48.8 Å². The Hall–Kier alpha value is -2.73. The van der Waals surface area contributed by atoms with E-state index >= 15 is 0 Å². The molecule has 6 nitrogen and oxygen atoms in total. The zero-order chi connectivity index (χ0) is 16.9. The number of nitrogens with one attached hydrogen (secondary N) is 1. The number of ether oxygens (including phenoxy) is 1. The van der Waals surface area contributed by atoms with Gasteiger partial charge < -0.3 is 10.1 Å². The van der Waals surface area contributed by atoms with E-state index in [9.17, 15) is 4.79 Å². The van der Waals surface area contributed by atoms with Crippen molar-refractivity contribution < 1.29 is 9.53 Å². The zero-order valence-electron chi connectivity index (χ0n) is 13.8. The molecule has 3 heterocycles. The molecular formula is C18H20N4O2. The van der Waals surface area contributed by atoms with Gasteiger partial charge in [-0.05, 0) is 37.6 Å². The minimum Gasteiger partial charge on any atom is -0.369 e. The Morgan fingerprint density at radius 3 is 2.88 bits per heavy atom. The Kier molecular flexibility index (Phi) is 4.86. The third-order valence-corrected chi connectivity index (χ3v) is 3.77. The van der Waals surface area contributed by atoms with Gasteiger partial charge in [0.1, 0.15) is 23.8 Å². The molecule has 0 aliphatic carbocycles. The first kappa shape index (κ1) is 16.1. The second-order valence-corrected chi connectivity index (χ2v) is 5.53. The largest absolute Gasteiger partial charge is 0.369 e. The molecular weight excluding hydrogens is 304 g/mol. The Morgan fingerprint density at radius 2 is 2.12 bits per heavy atom. The molecule has 0 spiro atoms. The van der Waals surface area contributed by atoms with Crippen LogP contribution in [0.5, 0.6) is 0 Å². The van der Waals surface area contributed by atoms with Gasteiger partial charge in [0.15, 0.2) is 0 Å². The van der Waals surface area contributed by atoms with Gasteiger partial charge in [-0.3, -0.25) is 14.2 Å². The molecule has 124 valence electrons. The number of nitrogens with zero attached hydrogens (tertiary/aromatic N) is 3. The molecule has 0 aliphatic rings. The smallest absolute Gasteiger partial charge is 0.251 e. The average molecular weight is 324 g/mol. The summed E-state index contributed by atoms with van der Waals surface area (Å²) in [7, 11) is 0. The number of pyridine rings is 2. The van der Waals surface area contributed by atoms with Gasteiger partial charge in [0, 0.05) is 12.4 Å². The van der Waals surface area contributed by atoms with Crippen LogP contribution in [0.3, 0.4) is 0 Å². The monoisotopic (exact) mass is 324 g/mol. The summed E-state index contributed by atoms with van der Waals surface area (Å²) in [5.74, 6) is 0.389. The lowest BCUT2D eigenvalue weighted by molar-refractivity contribution is -0.122. The van der Waals surface area contributed by atoms with Crippen molar-refractivity contribution in [3.8, 4) is 11.4 Å². The van der Waals surface area contributed by atoms with E-state index in [-0.39, 0.29) is 18.6 Å². The van der Waals surface area contributed by atoms with E-state index in [0.29, 0.717) is 17.2 Å². The topological polar surface area (TPSA) is 68.5 Å². The van der Waals surface area contributed by atoms with Gasteiger partial charge in [0.05, 0.1) is 11.8 Å². The maximum absolute atomic E-state index is 12.3. The van der Waals surface area contributed by atoms with Crippen molar-refractivity contribution in [3.63, 3.8) is 0 Å². The van der Waals surface area contributed by atoms with Gasteiger partial charge in [-0.1, -0.05) is 19.1 Å². The predicted octanol–water partition coefficient (Wildman–Crippen LogP) is 3.15. The standard InChI is InChI=1S/C18H20N4O2/c1-3-13(2)24-12-16(23)21-18-17(14-8-4-6-10-19-14)20-15-9-5-7-11-22(15)18/h4-11,13H,3,12H2,1-2H3,(H,21,23)/t13-/m1/s1. The van der Waals surface area contributed by atoms with E-state index in [1.165, 1.54) is 0 Å². The summed E-state index contributed by atoms with van der Waals surface area (Å²) in [6, 6.07) is 11.3. The van der Waals surface area contributed by atoms with E-state index in [2.05, 4.69) is 15.3 Å². The average Bonchev–Trinajstić information content (AvgIpc) is 2.99. The fourth-order valence-corrected chi connectivity index (χ4v) is 2.30. The summed E-state index contributed by atoms with van der Waals surface area (Å²) in [5, 5.41) is 2.91. The molecule has 0 fully saturated rings. The molecule has 3 aromatic heterocycles. The molecule has 0 aliphatic heterocycles. The zero-order valence-corrected chi connectivity index (χ0v) is 13.8. The summed E-state index contributed by atoms with van der Waals surface area (Å²) in [6.45, 7) is 3.98. The molecule has 3 rings (SSSR count). The Morgan fingerprint density at radius 1 is 1.29 bits per heavy atom. The highest BCUT2D eigenvalue weighted by Crippen LogP contribution is 2.27. The number of hydrogen-bond acceptors (Lipinski definition) is 4. The molecule has 0 radical (unpaired) electrons. The van der Waals surface area contributed by atoms with Gasteiger partial charge >= 0.3 is 0 Å². The first-order valence-electron chi connectivity index (χ1n) is 7.99. The SMILES string of the molecule is CC[C@@H](C)OCC(=O)Nc1c(-c2ccccn2)nc2ccccn12. The number of carbonyl (C=O) groups is 1. The van der Waals surface area contributed by atoms with Crippen LogP contribution in [0.15, 0.2) is 48.8 Å². The second kappa shape index (κ2) is 7.23. The summed E-state index contributed by atoms with van der Waals surface area (Å²) in [5.41, 5.74) is 2.09. The quantitative estimate of drug-likeness (QED) is 0.756. The molecule has 24 heavy (non-hydrogen) atoms. The number of hydrogen-bond donors (Lipinski definition) is 1. The van der Waals surface area contributed by atoms with Crippen LogP contribution in [0.4, 0.5) is 5.82 Å². The first-order valence-corrected chi connectivity index (χ1v) is 7.99. The fourth-order valence-electron chi connectivity index (χ4n) is 2.30. The normalized spacial score (nSPS) is 12.2. The molecule has 0 unspecified atom stereocenters. The van der Waals surface area contributed by atoms with Crippen LogP contribution in [-0.4, -0.2) is 33.0 Å². The summed E-state index contributed by atoms with van der Waals surface area (Å²) < 4.78 is 7.34. The Bertz CT molecular complexity index is 829. The lowest BCUT2D eigenvalue weighted by Gasteiger charge is -2.11. The van der Waals surface area contributed by atoms with E-state index in [4.69, 9.17) is 4.74 Å². The highest BCUT2D eigenvalue weighted by molar-refractivity contribution is 5.95. The van der Waals surface area contributed by atoms with E-state index in [1.807, 2.05) is 60.8 Å². The van der Waals surface area contributed by atoms with Crippen molar-refractivity contribution >= 4 is 17.4 Å². The highest BCUT2D eigenvalue weighted by atomic mass is 16.5. The van der Waals surface area contributed by atoms with Gasteiger partial charge in [0.2, 0.25) is 0 Å². The molecule has 0 aromatic carbocycles. The minimum atomic E-state index is -0.210. The Balaban J connectivity index is 1.92. The number of aromatic nitrogens is 3. The number of imidazole rings is 1. The number of anilines is 1. The molecule has 0 saturated heterocycles. The van der Waals surface area contributed by atoms with Gasteiger partial charge in [-0.25, -0.2) is 4.98 Å². The van der Waals surface area contributed by atoms with Crippen LogP contribution in [0.2, 0.25) is 0 Å². The lowest BCUT2D eigenvalue weighted by atomic mass is 10.2. The molecule has 1 amide bonds. The first-order chi connectivity index (χ1) is 11.7. The van der Waals surface area contributed by atoms with Crippen molar-refractivity contribution in [1.29, 1.82) is 0 Å². The maximum atomic E-state index is 12.3. The van der Waals surface area contributed by atoms with Crippen molar-refractivity contribution in [2.45, 2.75) is 26.4 Å². The highest BCUT2D eigenvalue weighted by Gasteiger charge is 2.17. The van der Waals surface area contributed by atoms with Gasteiger partial charge in [-0.15, -0.1) is 0 Å². The van der Waals surface area contributed by atoms with Crippen molar-refractivity contribution in [2.75, 3.05) is 11.9 Å². The number of rotatable bonds is 6. The number of fused-ring (bicyclic) bond motifs is 1. The summed E-state index contributed by atoms with van der Waals surface area (Å²) >= 11 is 0. The van der Waals surface area contributed by atoms with Crippen LogP contribution in [-0.2, 0) is 9.53 Å². The summed E-state index contributed by atoms with van der Waals surface area (Å²) in [4.78, 5) is 21.2.